The first-order valence-corrected chi connectivity index (χ1v) is 9.16. The van der Waals surface area contributed by atoms with Crippen LogP contribution in [0.5, 0.6) is 0 Å². The second-order valence-electron chi connectivity index (χ2n) is 6.24. The van der Waals surface area contributed by atoms with Gasteiger partial charge in [0.05, 0.1) is 35.5 Å². The molecule has 1 aromatic carbocycles. The van der Waals surface area contributed by atoms with Crippen molar-refractivity contribution in [3.05, 3.63) is 46.5 Å². The molecule has 0 spiro atoms. The molecule has 1 amide bonds. The Hall–Kier alpha value is -1.32. The molecule has 0 radical (unpaired) electrons. The second-order valence-corrected chi connectivity index (χ2v) is 7.31. The van der Waals surface area contributed by atoms with Gasteiger partial charge in [-0.25, -0.2) is 0 Å². The molecule has 0 aromatic heterocycles. The smallest absolute Gasteiger partial charge is 0.543 e. The van der Waals surface area contributed by atoms with E-state index in [0.717, 1.165) is 22.2 Å². The van der Waals surface area contributed by atoms with Crippen molar-refractivity contribution in [2.24, 2.45) is 5.92 Å². The van der Waals surface area contributed by atoms with Gasteiger partial charge >= 0.3 is 35.5 Å². The first-order valence-electron chi connectivity index (χ1n) is 8.18. The van der Waals surface area contributed by atoms with Gasteiger partial charge in [0.2, 0.25) is 5.91 Å². The zero-order valence-corrected chi connectivity index (χ0v) is 17.9. The molecule has 2 aliphatic rings. The maximum atomic E-state index is 12.1. The van der Waals surface area contributed by atoms with Gasteiger partial charge in [-0.05, 0) is 12.5 Å². The van der Waals surface area contributed by atoms with Crippen LogP contribution in [-0.4, -0.2) is 45.8 Å². The zero-order valence-electron chi connectivity index (χ0n) is 15.1. The van der Waals surface area contributed by atoms with Crippen molar-refractivity contribution in [3.8, 4) is 0 Å². The Labute approximate surface area is 183 Å². The Balaban J connectivity index is 0.00000261. The van der Waals surface area contributed by atoms with E-state index in [4.69, 9.17) is 4.74 Å². The molecule has 1 fully saturated rings. The Morgan fingerprint density at radius 1 is 1.37 bits per heavy atom. The fourth-order valence-electron chi connectivity index (χ4n) is 3.28. The minimum Gasteiger partial charge on any atom is -0.543 e. The predicted octanol–water partition coefficient (Wildman–Crippen LogP) is -2.96. The van der Waals surface area contributed by atoms with Crippen LogP contribution in [-0.2, 0) is 25.7 Å². The van der Waals surface area contributed by atoms with Crippen molar-refractivity contribution in [2.75, 3.05) is 5.75 Å². The average Bonchev–Trinajstić information content (AvgIpc) is 2.93. The summed E-state index contributed by atoms with van der Waals surface area (Å²) in [4.78, 5) is 37.0. The number of carboxylic acids is 1. The molecule has 1 aromatic rings. The number of benzene rings is 1. The van der Waals surface area contributed by atoms with Crippen LogP contribution in [0.2, 0.25) is 0 Å². The van der Waals surface area contributed by atoms with Gasteiger partial charge in [-0.2, -0.15) is 0 Å². The van der Waals surface area contributed by atoms with E-state index in [9.17, 15) is 24.6 Å². The van der Waals surface area contributed by atoms with E-state index in [1.165, 1.54) is 6.92 Å². The quantitative estimate of drug-likeness (QED) is 0.297. The summed E-state index contributed by atoms with van der Waals surface area (Å²) in [6.45, 7) is 1.65. The van der Waals surface area contributed by atoms with Crippen LogP contribution in [0.4, 0.5) is 0 Å². The molecule has 1 N–H and O–H groups in total. The van der Waals surface area contributed by atoms with E-state index < -0.39 is 35.9 Å². The van der Waals surface area contributed by atoms with Crippen LogP contribution in [0.1, 0.15) is 18.9 Å². The topological polar surface area (TPSA) is 107 Å². The van der Waals surface area contributed by atoms with Crippen molar-refractivity contribution in [1.82, 2.24) is 4.90 Å². The van der Waals surface area contributed by atoms with Gasteiger partial charge in [-0.1, -0.05) is 30.3 Å². The third kappa shape index (κ3) is 4.57. The van der Waals surface area contributed by atoms with Crippen LogP contribution < -0.4 is 34.7 Å². The van der Waals surface area contributed by atoms with E-state index >= 15 is 0 Å². The molecule has 27 heavy (non-hydrogen) atoms. The van der Waals surface area contributed by atoms with E-state index in [-0.39, 0.29) is 47.6 Å². The summed E-state index contributed by atoms with van der Waals surface area (Å²) in [7, 11) is 0. The number of rotatable bonds is 7. The molecule has 3 atom stereocenters. The maximum Gasteiger partial charge on any atom is 1.00 e. The Morgan fingerprint density at radius 2 is 2.04 bits per heavy atom. The van der Waals surface area contributed by atoms with E-state index in [1.807, 2.05) is 30.3 Å². The van der Waals surface area contributed by atoms with Crippen LogP contribution in [0.3, 0.4) is 0 Å². The summed E-state index contributed by atoms with van der Waals surface area (Å²) in [5, 5.41) is 21.1. The molecule has 2 aliphatic heterocycles. The van der Waals surface area contributed by atoms with E-state index in [0.29, 0.717) is 11.3 Å². The van der Waals surface area contributed by atoms with Gasteiger partial charge in [-0.3, -0.25) is 9.59 Å². The molecular weight excluding hydrogens is 381 g/mol. The SMILES string of the molecule is CC(O)C1C(=O)N2C(C(=O)[O-])=C(SCC(=O)OCc3ccccc3)C[C@H]12.[Na+]. The van der Waals surface area contributed by atoms with Gasteiger partial charge in [-0.15, -0.1) is 11.8 Å². The maximum absolute atomic E-state index is 12.1. The fourth-order valence-corrected chi connectivity index (χ4v) is 4.26. The summed E-state index contributed by atoms with van der Waals surface area (Å²) in [5.41, 5.74) is 0.661. The van der Waals surface area contributed by atoms with Crippen molar-refractivity contribution in [2.45, 2.75) is 32.1 Å². The number of fused-ring (bicyclic) bond motifs is 1. The Morgan fingerprint density at radius 3 is 2.63 bits per heavy atom. The van der Waals surface area contributed by atoms with Crippen molar-refractivity contribution < 1.29 is 58.9 Å². The molecule has 1 saturated heterocycles. The molecule has 9 heteroatoms. The summed E-state index contributed by atoms with van der Waals surface area (Å²) in [6.07, 6.45) is -0.562. The third-order valence-corrected chi connectivity index (χ3v) is 5.58. The minimum absolute atomic E-state index is 0. The molecule has 3 rings (SSSR count). The first-order chi connectivity index (χ1) is 12.4. The minimum atomic E-state index is -1.45. The monoisotopic (exact) mass is 399 g/mol. The molecule has 0 aliphatic carbocycles. The van der Waals surface area contributed by atoms with Crippen LogP contribution in [0, 0.1) is 5.92 Å². The molecule has 138 valence electrons. The number of β-lactam (4-membered cyclic amide) rings is 1. The molecule has 0 saturated carbocycles. The summed E-state index contributed by atoms with van der Waals surface area (Å²) in [5.74, 6) is -3.03. The third-order valence-electron chi connectivity index (χ3n) is 4.49. The van der Waals surface area contributed by atoms with Crippen LogP contribution in [0.25, 0.3) is 0 Å². The van der Waals surface area contributed by atoms with Crippen molar-refractivity contribution in [1.29, 1.82) is 0 Å². The van der Waals surface area contributed by atoms with Crippen molar-refractivity contribution in [3.63, 3.8) is 0 Å². The number of aliphatic hydroxyl groups excluding tert-OH is 1. The fraction of sp³-hybridized carbons (Fsp3) is 0.389. The molecule has 0 bridgehead atoms. The van der Waals surface area contributed by atoms with Gasteiger partial charge in [0, 0.05) is 11.3 Å². The largest absolute Gasteiger partial charge is 1.00 e. The van der Waals surface area contributed by atoms with E-state index in [2.05, 4.69) is 0 Å². The average molecular weight is 399 g/mol. The number of carboxylic acid groups (broad SMARTS) is 1. The molecule has 7 nitrogen and oxygen atoms in total. The number of nitrogens with zero attached hydrogens (tertiary/aromatic N) is 1. The molecule has 2 heterocycles. The number of carbonyl (C=O) groups excluding carboxylic acids is 3. The van der Waals surface area contributed by atoms with Crippen LogP contribution in [0.15, 0.2) is 40.9 Å². The Kier molecular flexibility index (Phi) is 7.53. The standard InChI is InChI=1S/C18H19NO6S.Na/c1-10(20)15-12-7-13(16(18(23)24)19(12)17(15)22)26-9-14(21)25-8-11-5-3-2-4-6-11;/h2-6,10,12,15,20H,7-9H2,1H3,(H,23,24);/q;+1/p-1/t10?,12-,15?;/m1./s1. The van der Waals surface area contributed by atoms with Gasteiger partial charge < -0.3 is 24.6 Å². The van der Waals surface area contributed by atoms with Crippen LogP contribution >= 0.6 is 11.8 Å². The number of aliphatic hydroxyl groups is 1. The number of carbonyl (C=O) groups is 3. The zero-order chi connectivity index (χ0) is 18.8. The van der Waals surface area contributed by atoms with Crippen molar-refractivity contribution >= 4 is 29.6 Å². The summed E-state index contributed by atoms with van der Waals surface area (Å²) < 4.78 is 5.17. The number of ether oxygens (including phenoxy) is 1. The second kappa shape index (κ2) is 9.25. The Bertz CT molecular complexity index is 766. The van der Waals surface area contributed by atoms with Gasteiger partial charge in [0.15, 0.2) is 0 Å². The predicted molar refractivity (Wildman–Crippen MR) is 91.2 cm³/mol. The number of aliphatic carboxylic acids is 1. The number of thioether (sulfide) groups is 1. The number of esters is 1. The normalized spacial score (nSPS) is 21.9. The van der Waals surface area contributed by atoms with Gasteiger partial charge in [0.25, 0.3) is 0 Å². The number of hydrogen-bond donors (Lipinski definition) is 1. The van der Waals surface area contributed by atoms with Gasteiger partial charge in [0.1, 0.15) is 6.61 Å². The van der Waals surface area contributed by atoms with E-state index in [1.54, 1.807) is 0 Å². The summed E-state index contributed by atoms with van der Waals surface area (Å²) in [6, 6.07) is 8.82. The number of amides is 1. The molecular formula is C18H18NNaO6S. The molecule has 2 unspecified atom stereocenters. The summed E-state index contributed by atoms with van der Waals surface area (Å²) >= 11 is 1.04. The number of hydrogen-bond acceptors (Lipinski definition) is 7. The first kappa shape index (κ1) is 22.0.